The van der Waals surface area contributed by atoms with Gasteiger partial charge in [-0.1, -0.05) is 6.07 Å². The zero-order valence-electron chi connectivity index (χ0n) is 9.15. The van der Waals surface area contributed by atoms with Gasteiger partial charge < -0.3 is 9.15 Å². The highest BCUT2D eigenvalue weighted by Gasteiger charge is 2.10. The first-order valence-corrected chi connectivity index (χ1v) is 5.66. The number of rotatable bonds is 5. The van der Waals surface area contributed by atoms with Crippen LogP contribution in [0.15, 0.2) is 28.7 Å². The van der Waals surface area contributed by atoms with Crippen molar-refractivity contribution in [3.63, 3.8) is 0 Å². The molecule has 1 aromatic heterocycles. The van der Waals surface area contributed by atoms with Crippen molar-refractivity contribution in [2.45, 2.75) is 13.0 Å². The first kappa shape index (κ1) is 12.8. The fraction of sp³-hybridized carbons (Fsp3) is 0.273. The quantitative estimate of drug-likeness (QED) is 0.786. The molecule has 7 heteroatoms. The lowest BCUT2D eigenvalue weighted by molar-refractivity contribution is -0.0498. The van der Waals surface area contributed by atoms with Gasteiger partial charge in [0.15, 0.2) is 0 Å². The predicted octanol–water partition coefficient (Wildman–Crippen LogP) is 3.12. The first-order chi connectivity index (χ1) is 8.69. The average Bonchev–Trinajstić information content (AvgIpc) is 2.78. The van der Waals surface area contributed by atoms with Crippen LogP contribution < -0.4 is 4.74 Å². The van der Waals surface area contributed by atoms with Crippen molar-refractivity contribution in [2.75, 3.05) is 5.88 Å². The second kappa shape index (κ2) is 5.77. The number of hydrogen-bond acceptors (Lipinski definition) is 4. The van der Waals surface area contributed by atoms with Gasteiger partial charge in [0.1, 0.15) is 5.75 Å². The highest BCUT2D eigenvalue weighted by molar-refractivity contribution is 6.17. The van der Waals surface area contributed by atoms with E-state index in [2.05, 4.69) is 14.9 Å². The van der Waals surface area contributed by atoms with E-state index in [1.807, 2.05) is 0 Å². The standard InChI is InChI=1S/C11H9ClF2N2O2/c12-5-4-9-15-16-10(18-9)7-2-1-3-8(6-7)17-11(13)14/h1-3,6,11H,4-5H2. The summed E-state index contributed by atoms with van der Waals surface area (Å²) in [7, 11) is 0. The van der Waals surface area contributed by atoms with Crippen molar-refractivity contribution in [3.8, 4) is 17.2 Å². The number of benzene rings is 1. The molecule has 2 rings (SSSR count). The zero-order valence-corrected chi connectivity index (χ0v) is 9.90. The molecule has 0 fully saturated rings. The fourth-order valence-electron chi connectivity index (χ4n) is 1.36. The normalized spacial score (nSPS) is 10.9. The smallest absolute Gasteiger partial charge is 0.387 e. The minimum absolute atomic E-state index is 0.0413. The lowest BCUT2D eigenvalue weighted by atomic mass is 10.2. The maximum absolute atomic E-state index is 12.1. The molecule has 1 heterocycles. The summed E-state index contributed by atoms with van der Waals surface area (Å²) in [6, 6.07) is 6.06. The Kier molecular flexibility index (Phi) is 4.09. The van der Waals surface area contributed by atoms with Crippen molar-refractivity contribution in [3.05, 3.63) is 30.2 Å². The Morgan fingerprint density at radius 3 is 2.89 bits per heavy atom. The van der Waals surface area contributed by atoms with Gasteiger partial charge in [-0.25, -0.2) is 0 Å². The Balaban J connectivity index is 2.21. The van der Waals surface area contributed by atoms with Gasteiger partial charge in [-0.2, -0.15) is 8.78 Å². The monoisotopic (exact) mass is 274 g/mol. The van der Waals surface area contributed by atoms with Gasteiger partial charge >= 0.3 is 6.61 Å². The van der Waals surface area contributed by atoms with Gasteiger partial charge in [0.25, 0.3) is 0 Å². The number of aryl methyl sites for hydroxylation is 1. The Morgan fingerprint density at radius 2 is 2.17 bits per heavy atom. The molecule has 0 unspecified atom stereocenters. The van der Waals surface area contributed by atoms with Crippen LogP contribution in [0.1, 0.15) is 5.89 Å². The average molecular weight is 275 g/mol. The van der Waals surface area contributed by atoms with Gasteiger partial charge in [-0.3, -0.25) is 0 Å². The van der Waals surface area contributed by atoms with E-state index in [4.69, 9.17) is 16.0 Å². The summed E-state index contributed by atoms with van der Waals surface area (Å²) in [4.78, 5) is 0. The topological polar surface area (TPSA) is 48.2 Å². The first-order valence-electron chi connectivity index (χ1n) is 5.12. The summed E-state index contributed by atoms with van der Waals surface area (Å²) >= 11 is 5.54. The van der Waals surface area contributed by atoms with Crippen LogP contribution in [0.5, 0.6) is 5.75 Å². The molecule has 0 spiro atoms. The van der Waals surface area contributed by atoms with Crippen LogP contribution in [-0.4, -0.2) is 22.7 Å². The lowest BCUT2D eigenvalue weighted by Crippen LogP contribution is -2.01. The Bertz CT molecular complexity index is 519. The lowest BCUT2D eigenvalue weighted by Gasteiger charge is -2.04. The summed E-state index contributed by atoms with van der Waals surface area (Å²) < 4.78 is 33.7. The molecule has 96 valence electrons. The Hall–Kier alpha value is -1.69. The van der Waals surface area contributed by atoms with E-state index in [-0.39, 0.29) is 11.6 Å². The van der Waals surface area contributed by atoms with Crippen LogP contribution in [0, 0.1) is 0 Å². The summed E-state index contributed by atoms with van der Waals surface area (Å²) in [5.74, 6) is 1.06. The SMILES string of the molecule is FC(F)Oc1cccc(-c2nnc(CCCl)o2)c1. The highest BCUT2D eigenvalue weighted by Crippen LogP contribution is 2.23. The molecular formula is C11H9ClF2N2O2. The molecule has 1 aromatic carbocycles. The maximum Gasteiger partial charge on any atom is 0.387 e. The Labute approximate surface area is 107 Å². The van der Waals surface area contributed by atoms with E-state index < -0.39 is 6.61 Å². The fourth-order valence-corrected chi connectivity index (χ4v) is 1.52. The van der Waals surface area contributed by atoms with E-state index in [9.17, 15) is 8.78 Å². The largest absolute Gasteiger partial charge is 0.435 e. The molecule has 0 aliphatic rings. The van der Waals surface area contributed by atoms with Gasteiger partial charge in [0.05, 0.1) is 0 Å². The second-order valence-corrected chi connectivity index (χ2v) is 3.72. The van der Waals surface area contributed by atoms with E-state index in [0.717, 1.165) is 0 Å². The molecule has 0 bridgehead atoms. The van der Waals surface area contributed by atoms with Gasteiger partial charge in [0.2, 0.25) is 11.8 Å². The van der Waals surface area contributed by atoms with E-state index >= 15 is 0 Å². The van der Waals surface area contributed by atoms with Crippen LogP contribution >= 0.6 is 11.6 Å². The molecule has 0 saturated heterocycles. The minimum Gasteiger partial charge on any atom is -0.435 e. The molecule has 18 heavy (non-hydrogen) atoms. The summed E-state index contributed by atoms with van der Waals surface area (Å²) in [5, 5.41) is 7.59. The number of alkyl halides is 3. The van der Waals surface area contributed by atoms with Gasteiger partial charge in [0, 0.05) is 17.9 Å². The number of nitrogens with zero attached hydrogens (tertiary/aromatic N) is 2. The second-order valence-electron chi connectivity index (χ2n) is 3.35. The molecule has 4 nitrogen and oxygen atoms in total. The molecule has 0 saturated carbocycles. The molecule has 0 amide bonds. The van der Waals surface area contributed by atoms with Gasteiger partial charge in [-0.05, 0) is 18.2 Å². The van der Waals surface area contributed by atoms with Crippen molar-refractivity contribution < 1.29 is 17.9 Å². The zero-order chi connectivity index (χ0) is 13.0. The molecule has 0 atom stereocenters. The molecule has 0 N–H and O–H groups in total. The predicted molar refractivity (Wildman–Crippen MR) is 60.8 cm³/mol. The van der Waals surface area contributed by atoms with E-state index in [1.54, 1.807) is 12.1 Å². The molecule has 0 aliphatic heterocycles. The van der Waals surface area contributed by atoms with Crippen LogP contribution in [0.2, 0.25) is 0 Å². The van der Waals surface area contributed by atoms with Crippen molar-refractivity contribution in [2.24, 2.45) is 0 Å². The number of hydrogen-bond donors (Lipinski definition) is 0. The van der Waals surface area contributed by atoms with E-state index in [1.165, 1.54) is 12.1 Å². The summed E-state index contributed by atoms with van der Waals surface area (Å²) in [5.41, 5.74) is 0.515. The summed E-state index contributed by atoms with van der Waals surface area (Å²) in [6.07, 6.45) is 0.460. The maximum atomic E-state index is 12.1. The minimum atomic E-state index is -2.87. The number of ether oxygens (including phenoxy) is 1. The molecule has 0 aliphatic carbocycles. The molecule has 2 aromatic rings. The third kappa shape index (κ3) is 3.16. The molecule has 0 radical (unpaired) electrons. The third-order valence-corrected chi connectivity index (χ3v) is 2.27. The van der Waals surface area contributed by atoms with Crippen LogP contribution in [0.4, 0.5) is 8.78 Å². The highest BCUT2D eigenvalue weighted by atomic mass is 35.5. The van der Waals surface area contributed by atoms with Crippen LogP contribution in [0.3, 0.4) is 0 Å². The number of aromatic nitrogens is 2. The van der Waals surface area contributed by atoms with E-state index in [0.29, 0.717) is 23.8 Å². The Morgan fingerprint density at radius 1 is 1.33 bits per heavy atom. The number of halogens is 3. The van der Waals surface area contributed by atoms with Crippen molar-refractivity contribution >= 4 is 11.6 Å². The van der Waals surface area contributed by atoms with Crippen molar-refractivity contribution in [1.29, 1.82) is 0 Å². The van der Waals surface area contributed by atoms with Gasteiger partial charge in [-0.15, -0.1) is 21.8 Å². The van der Waals surface area contributed by atoms with Crippen LogP contribution in [0.25, 0.3) is 11.5 Å². The van der Waals surface area contributed by atoms with Crippen molar-refractivity contribution in [1.82, 2.24) is 10.2 Å². The van der Waals surface area contributed by atoms with Crippen LogP contribution in [-0.2, 0) is 6.42 Å². The molecular weight excluding hydrogens is 266 g/mol. The third-order valence-electron chi connectivity index (χ3n) is 2.08. The summed E-state index contributed by atoms with van der Waals surface area (Å²) in [6.45, 7) is -2.87.